The Morgan fingerprint density at radius 1 is 1.04 bits per heavy atom. The first-order valence-corrected chi connectivity index (χ1v) is 8.85. The Morgan fingerprint density at radius 2 is 1.79 bits per heavy atom. The molecule has 28 heavy (non-hydrogen) atoms. The molecule has 0 bridgehead atoms. The molecule has 3 aromatic rings. The first kappa shape index (κ1) is 19.3. The topological polar surface area (TPSA) is 76.4 Å². The van der Waals surface area contributed by atoms with Crippen LogP contribution in [0.15, 0.2) is 30.5 Å². The van der Waals surface area contributed by atoms with Gasteiger partial charge in [-0.1, -0.05) is 11.6 Å². The van der Waals surface area contributed by atoms with Crippen molar-refractivity contribution in [3.63, 3.8) is 0 Å². The molecule has 0 aliphatic carbocycles. The van der Waals surface area contributed by atoms with Gasteiger partial charge in [0, 0.05) is 23.7 Å². The van der Waals surface area contributed by atoms with Crippen LogP contribution in [0.5, 0.6) is 17.2 Å². The van der Waals surface area contributed by atoms with Crippen molar-refractivity contribution in [2.75, 3.05) is 26.6 Å². The molecular weight excluding hydrogens is 354 g/mol. The molecule has 1 N–H and O–H groups in total. The average Bonchev–Trinajstić information content (AvgIpc) is 2.70. The molecule has 1 aromatic heterocycles. The molecule has 144 valence electrons. The van der Waals surface area contributed by atoms with Crippen molar-refractivity contribution in [1.82, 2.24) is 4.98 Å². The molecule has 0 amide bonds. The predicted octanol–water partition coefficient (Wildman–Crippen LogP) is 4.36. The number of hydrogen-bond donors (Lipinski definition) is 1. The molecule has 0 spiro atoms. The molecule has 0 atom stereocenters. The highest BCUT2D eigenvalue weighted by Gasteiger charge is 2.17. The van der Waals surface area contributed by atoms with E-state index in [1.807, 2.05) is 32.0 Å². The van der Waals surface area contributed by atoms with Crippen LogP contribution in [-0.2, 0) is 6.54 Å². The number of nitrogens with one attached hydrogen (secondary N) is 1. The van der Waals surface area contributed by atoms with E-state index in [1.54, 1.807) is 27.5 Å². The monoisotopic (exact) mass is 377 g/mol. The van der Waals surface area contributed by atoms with E-state index >= 15 is 0 Å². The Bertz CT molecular complexity index is 1070. The fraction of sp³-hybridized carbons (Fsp3) is 0.273. The summed E-state index contributed by atoms with van der Waals surface area (Å²) in [6.07, 6.45) is 1.61. The third-order valence-electron chi connectivity index (χ3n) is 4.67. The average molecular weight is 377 g/mol. The number of hydrogen-bond acceptors (Lipinski definition) is 6. The molecule has 6 heteroatoms. The second-order valence-electron chi connectivity index (χ2n) is 6.48. The van der Waals surface area contributed by atoms with E-state index in [1.165, 1.54) is 0 Å². The number of benzene rings is 2. The van der Waals surface area contributed by atoms with Crippen LogP contribution in [0.4, 0.5) is 5.69 Å². The molecule has 3 rings (SSSR count). The second-order valence-corrected chi connectivity index (χ2v) is 6.48. The maximum atomic E-state index is 9.57. The molecule has 0 saturated heterocycles. The van der Waals surface area contributed by atoms with Crippen LogP contribution in [0, 0.1) is 25.2 Å². The molecule has 0 unspecified atom stereocenters. The van der Waals surface area contributed by atoms with Crippen LogP contribution in [0.1, 0.15) is 22.3 Å². The molecule has 0 aliphatic rings. The summed E-state index contributed by atoms with van der Waals surface area (Å²) < 4.78 is 16.4. The third kappa shape index (κ3) is 3.39. The van der Waals surface area contributed by atoms with E-state index in [0.717, 1.165) is 33.3 Å². The highest BCUT2D eigenvalue weighted by atomic mass is 16.5. The molecule has 0 saturated carbocycles. The molecule has 0 aliphatic heterocycles. The van der Waals surface area contributed by atoms with Crippen LogP contribution in [0.2, 0.25) is 0 Å². The van der Waals surface area contributed by atoms with Crippen molar-refractivity contribution in [3.05, 3.63) is 52.7 Å². The number of aromatic nitrogens is 1. The van der Waals surface area contributed by atoms with Gasteiger partial charge in [0.2, 0.25) is 5.75 Å². The molecule has 2 aromatic carbocycles. The second kappa shape index (κ2) is 8.05. The van der Waals surface area contributed by atoms with Crippen molar-refractivity contribution in [1.29, 1.82) is 5.26 Å². The molecule has 6 nitrogen and oxygen atoms in total. The van der Waals surface area contributed by atoms with Gasteiger partial charge in [0.15, 0.2) is 11.5 Å². The van der Waals surface area contributed by atoms with Gasteiger partial charge in [-0.15, -0.1) is 0 Å². The Morgan fingerprint density at radius 3 is 2.43 bits per heavy atom. The maximum absolute atomic E-state index is 9.57. The highest BCUT2D eigenvalue weighted by molar-refractivity contribution is 5.96. The van der Waals surface area contributed by atoms with Crippen molar-refractivity contribution in [2.24, 2.45) is 0 Å². The number of nitriles is 1. The fourth-order valence-corrected chi connectivity index (χ4v) is 3.42. The Labute approximate surface area is 164 Å². The lowest BCUT2D eigenvalue weighted by Gasteiger charge is -2.17. The lowest BCUT2D eigenvalue weighted by atomic mass is 10.0. The normalized spacial score (nSPS) is 10.4. The number of fused-ring (bicyclic) bond motifs is 1. The lowest BCUT2D eigenvalue weighted by molar-refractivity contribution is 0.322. The fourth-order valence-electron chi connectivity index (χ4n) is 3.42. The quantitative estimate of drug-likeness (QED) is 0.688. The Balaban J connectivity index is 2.06. The summed E-state index contributed by atoms with van der Waals surface area (Å²) in [6.45, 7) is 4.51. The standard InChI is InChI=1S/C22H23N3O3/c1-13-8-14(2)19-17(9-13)20(16(10-23)12-24-19)25-11-15-6-7-18(26-3)22(28-5)21(15)27-4/h6-9,12H,11H2,1-5H3,(H,24,25). The highest BCUT2D eigenvalue weighted by Crippen LogP contribution is 2.40. The van der Waals surface area contributed by atoms with Gasteiger partial charge in [0.25, 0.3) is 0 Å². The van der Waals surface area contributed by atoms with Crippen LogP contribution in [-0.4, -0.2) is 26.3 Å². The number of ether oxygens (including phenoxy) is 3. The van der Waals surface area contributed by atoms with E-state index in [0.29, 0.717) is 29.4 Å². The van der Waals surface area contributed by atoms with Gasteiger partial charge >= 0.3 is 0 Å². The summed E-state index contributed by atoms with van der Waals surface area (Å²) in [6, 6.07) is 10.1. The van der Waals surface area contributed by atoms with Gasteiger partial charge in [0.05, 0.1) is 38.1 Å². The minimum absolute atomic E-state index is 0.449. The third-order valence-corrected chi connectivity index (χ3v) is 4.67. The molecule has 0 fully saturated rings. The maximum Gasteiger partial charge on any atom is 0.203 e. The Kier molecular flexibility index (Phi) is 5.55. The van der Waals surface area contributed by atoms with E-state index in [-0.39, 0.29) is 0 Å². The minimum Gasteiger partial charge on any atom is -0.493 e. The zero-order valence-corrected chi connectivity index (χ0v) is 16.7. The molecular formula is C22H23N3O3. The lowest BCUT2D eigenvalue weighted by Crippen LogP contribution is -2.06. The SMILES string of the molecule is COc1ccc(CNc2c(C#N)cnc3c(C)cc(C)cc23)c(OC)c1OC. The van der Waals surface area contributed by atoms with Gasteiger partial charge in [-0.2, -0.15) is 5.26 Å². The number of pyridine rings is 1. The van der Waals surface area contributed by atoms with Crippen LogP contribution in [0.3, 0.4) is 0 Å². The van der Waals surface area contributed by atoms with Crippen LogP contribution in [0.25, 0.3) is 10.9 Å². The predicted molar refractivity (Wildman–Crippen MR) is 109 cm³/mol. The van der Waals surface area contributed by atoms with Crippen molar-refractivity contribution < 1.29 is 14.2 Å². The summed E-state index contributed by atoms with van der Waals surface area (Å²) in [5.41, 5.74) is 5.22. The smallest absolute Gasteiger partial charge is 0.203 e. The van der Waals surface area contributed by atoms with Gasteiger partial charge in [-0.05, 0) is 37.6 Å². The van der Waals surface area contributed by atoms with Crippen molar-refractivity contribution in [2.45, 2.75) is 20.4 Å². The minimum atomic E-state index is 0.449. The largest absolute Gasteiger partial charge is 0.493 e. The summed E-state index contributed by atoms with van der Waals surface area (Å²) in [7, 11) is 4.76. The molecule has 0 radical (unpaired) electrons. The first-order valence-electron chi connectivity index (χ1n) is 8.85. The molecule has 1 heterocycles. The van der Waals surface area contributed by atoms with Gasteiger partial charge in [-0.3, -0.25) is 4.98 Å². The summed E-state index contributed by atoms with van der Waals surface area (Å²) >= 11 is 0. The van der Waals surface area contributed by atoms with E-state index in [9.17, 15) is 5.26 Å². The van der Waals surface area contributed by atoms with E-state index in [4.69, 9.17) is 14.2 Å². The number of methoxy groups -OCH3 is 3. The number of nitrogens with zero attached hydrogens (tertiary/aromatic N) is 2. The van der Waals surface area contributed by atoms with Crippen LogP contribution < -0.4 is 19.5 Å². The zero-order chi connectivity index (χ0) is 20.3. The van der Waals surface area contributed by atoms with E-state index < -0.39 is 0 Å². The number of aryl methyl sites for hydroxylation is 2. The van der Waals surface area contributed by atoms with Gasteiger partial charge < -0.3 is 19.5 Å². The van der Waals surface area contributed by atoms with Gasteiger partial charge in [-0.25, -0.2) is 0 Å². The summed E-state index contributed by atoms with van der Waals surface area (Å²) in [5.74, 6) is 1.73. The van der Waals surface area contributed by atoms with Crippen molar-refractivity contribution in [3.8, 4) is 23.3 Å². The zero-order valence-electron chi connectivity index (χ0n) is 16.7. The summed E-state index contributed by atoms with van der Waals surface area (Å²) in [4.78, 5) is 4.47. The van der Waals surface area contributed by atoms with Gasteiger partial charge in [0.1, 0.15) is 6.07 Å². The van der Waals surface area contributed by atoms with Crippen LogP contribution >= 0.6 is 0 Å². The Hall–Kier alpha value is -3.46. The van der Waals surface area contributed by atoms with Crippen molar-refractivity contribution >= 4 is 16.6 Å². The summed E-state index contributed by atoms with van der Waals surface area (Å²) in [5, 5.41) is 13.9. The number of anilines is 1. The first-order chi connectivity index (χ1) is 13.5. The van der Waals surface area contributed by atoms with E-state index in [2.05, 4.69) is 22.4 Å². The number of rotatable bonds is 6.